The summed E-state index contributed by atoms with van der Waals surface area (Å²) < 4.78 is 38.6. The zero-order valence-corrected chi connectivity index (χ0v) is 10.5. The van der Waals surface area contributed by atoms with Crippen LogP contribution in [0.4, 0.5) is 18.9 Å². The number of aromatic carboxylic acids is 1. The van der Waals surface area contributed by atoms with Crippen LogP contribution in [0.5, 0.6) is 0 Å². The summed E-state index contributed by atoms with van der Waals surface area (Å²) in [5.74, 6) is -1.62. The van der Waals surface area contributed by atoms with Crippen LogP contribution in [0, 0.1) is 0 Å². The summed E-state index contributed by atoms with van der Waals surface area (Å²) in [6, 6.07) is 2.99. The molecular formula is C13H14F3NO3. The molecule has 0 amide bonds. The minimum atomic E-state index is -4.74. The lowest BCUT2D eigenvalue weighted by Gasteiger charge is -2.42. The third-order valence-electron chi connectivity index (χ3n) is 3.58. The van der Waals surface area contributed by atoms with E-state index < -0.39 is 28.8 Å². The molecular weight excluding hydrogens is 275 g/mol. The lowest BCUT2D eigenvalue weighted by molar-refractivity contribution is -0.138. The van der Waals surface area contributed by atoms with Gasteiger partial charge < -0.3 is 15.5 Å². The number of hydrogen-bond acceptors (Lipinski definition) is 3. The van der Waals surface area contributed by atoms with E-state index in [1.807, 2.05) is 0 Å². The molecule has 1 fully saturated rings. The summed E-state index contributed by atoms with van der Waals surface area (Å²) in [5, 5.41) is 21.0. The topological polar surface area (TPSA) is 69.6 Å². The van der Waals surface area contributed by atoms with Crippen LogP contribution in [0.3, 0.4) is 0 Å². The number of benzene rings is 1. The van der Waals surface area contributed by atoms with Gasteiger partial charge in [0.15, 0.2) is 0 Å². The Morgan fingerprint density at radius 2 is 2.00 bits per heavy atom. The number of aliphatic hydroxyl groups excluding tert-OH is 1. The van der Waals surface area contributed by atoms with E-state index in [1.165, 1.54) is 6.07 Å². The van der Waals surface area contributed by atoms with Crippen molar-refractivity contribution in [3.63, 3.8) is 0 Å². The van der Waals surface area contributed by atoms with Crippen molar-refractivity contribution in [3.8, 4) is 0 Å². The molecule has 0 heterocycles. The zero-order chi connectivity index (χ0) is 15.0. The molecule has 7 heteroatoms. The third kappa shape index (κ3) is 2.72. The number of alkyl halides is 3. The fourth-order valence-electron chi connectivity index (χ4n) is 2.28. The van der Waals surface area contributed by atoms with Gasteiger partial charge in [-0.15, -0.1) is 0 Å². The smallest absolute Gasteiger partial charge is 0.417 e. The zero-order valence-electron chi connectivity index (χ0n) is 10.5. The van der Waals surface area contributed by atoms with Gasteiger partial charge in [0, 0.05) is 5.69 Å². The molecule has 0 aliphatic heterocycles. The van der Waals surface area contributed by atoms with E-state index in [1.54, 1.807) is 0 Å². The van der Waals surface area contributed by atoms with E-state index >= 15 is 0 Å². The molecule has 0 spiro atoms. The second kappa shape index (κ2) is 4.97. The first-order valence-corrected chi connectivity index (χ1v) is 6.11. The van der Waals surface area contributed by atoms with E-state index in [-0.39, 0.29) is 12.3 Å². The van der Waals surface area contributed by atoms with Crippen molar-refractivity contribution in [1.29, 1.82) is 0 Å². The molecule has 1 aromatic rings. The number of aliphatic hydroxyl groups is 1. The van der Waals surface area contributed by atoms with Crippen LogP contribution < -0.4 is 5.32 Å². The van der Waals surface area contributed by atoms with Crippen molar-refractivity contribution in [3.05, 3.63) is 29.3 Å². The first-order valence-electron chi connectivity index (χ1n) is 6.11. The maximum atomic E-state index is 12.9. The summed E-state index contributed by atoms with van der Waals surface area (Å²) in [5.41, 5.74) is -2.40. The largest absolute Gasteiger partial charge is 0.478 e. The Hall–Kier alpha value is -1.76. The SMILES string of the molecule is O=C(O)c1ccc(NC2(CO)CCC2)cc1C(F)(F)F. The van der Waals surface area contributed by atoms with Crippen molar-refractivity contribution in [2.75, 3.05) is 11.9 Å². The van der Waals surface area contributed by atoms with Gasteiger partial charge in [0.05, 0.1) is 23.3 Å². The highest BCUT2D eigenvalue weighted by Gasteiger charge is 2.38. The van der Waals surface area contributed by atoms with Gasteiger partial charge in [-0.25, -0.2) is 4.79 Å². The molecule has 0 radical (unpaired) electrons. The molecule has 2 rings (SSSR count). The molecule has 1 aliphatic rings. The van der Waals surface area contributed by atoms with Crippen LogP contribution >= 0.6 is 0 Å². The van der Waals surface area contributed by atoms with Crippen molar-refractivity contribution >= 4 is 11.7 Å². The summed E-state index contributed by atoms with van der Waals surface area (Å²) in [6.45, 7) is -0.172. The number of carboxylic acid groups (broad SMARTS) is 1. The molecule has 1 aliphatic carbocycles. The van der Waals surface area contributed by atoms with Gasteiger partial charge in [-0.05, 0) is 37.5 Å². The standard InChI is InChI=1S/C13H14F3NO3/c14-13(15,16)10-6-8(2-3-9(10)11(19)20)17-12(7-18)4-1-5-12/h2-3,6,17-18H,1,4-5,7H2,(H,19,20). The number of hydrogen-bond donors (Lipinski definition) is 3. The Morgan fingerprint density at radius 3 is 2.40 bits per heavy atom. The third-order valence-corrected chi connectivity index (χ3v) is 3.58. The fraction of sp³-hybridized carbons (Fsp3) is 0.462. The van der Waals surface area contributed by atoms with Gasteiger partial charge in [0.2, 0.25) is 0 Å². The van der Waals surface area contributed by atoms with Crippen LogP contribution in [0.15, 0.2) is 18.2 Å². The van der Waals surface area contributed by atoms with Crippen molar-refractivity contribution < 1.29 is 28.2 Å². The molecule has 0 bridgehead atoms. The Kier molecular flexibility index (Phi) is 3.64. The number of anilines is 1. The summed E-state index contributed by atoms with van der Waals surface area (Å²) in [7, 11) is 0. The van der Waals surface area contributed by atoms with E-state index in [2.05, 4.69) is 5.32 Å². The van der Waals surface area contributed by atoms with Crippen LogP contribution in [0.1, 0.15) is 35.2 Å². The van der Waals surface area contributed by atoms with Crippen LogP contribution in [-0.4, -0.2) is 28.3 Å². The molecule has 0 aromatic heterocycles. The van der Waals surface area contributed by atoms with Gasteiger partial charge in [-0.3, -0.25) is 0 Å². The second-order valence-corrected chi connectivity index (χ2v) is 4.98. The monoisotopic (exact) mass is 289 g/mol. The second-order valence-electron chi connectivity index (χ2n) is 4.98. The van der Waals surface area contributed by atoms with E-state index in [9.17, 15) is 23.1 Å². The molecule has 4 nitrogen and oxygen atoms in total. The molecule has 110 valence electrons. The first-order chi connectivity index (χ1) is 9.27. The predicted octanol–water partition coefficient (Wildman–Crippen LogP) is 2.73. The lowest BCUT2D eigenvalue weighted by atomic mass is 9.77. The molecule has 1 aromatic carbocycles. The average molecular weight is 289 g/mol. The summed E-state index contributed by atoms with van der Waals surface area (Å²) >= 11 is 0. The molecule has 0 saturated heterocycles. The van der Waals surface area contributed by atoms with Gasteiger partial charge in [-0.1, -0.05) is 0 Å². The Labute approximate surface area is 113 Å². The normalized spacial score (nSPS) is 17.4. The number of rotatable bonds is 4. The van der Waals surface area contributed by atoms with Crippen molar-refractivity contribution in [2.24, 2.45) is 0 Å². The molecule has 20 heavy (non-hydrogen) atoms. The molecule has 0 unspecified atom stereocenters. The highest BCUT2D eigenvalue weighted by atomic mass is 19.4. The molecule has 1 saturated carbocycles. The lowest BCUT2D eigenvalue weighted by Crippen LogP contribution is -2.48. The highest BCUT2D eigenvalue weighted by Crippen LogP contribution is 2.38. The van der Waals surface area contributed by atoms with Crippen molar-refractivity contribution in [2.45, 2.75) is 31.0 Å². The fourth-order valence-corrected chi connectivity index (χ4v) is 2.28. The Balaban J connectivity index is 2.35. The maximum absolute atomic E-state index is 12.9. The Bertz CT molecular complexity index is 519. The van der Waals surface area contributed by atoms with Gasteiger partial charge in [-0.2, -0.15) is 13.2 Å². The van der Waals surface area contributed by atoms with Crippen LogP contribution in [-0.2, 0) is 6.18 Å². The number of nitrogens with one attached hydrogen (secondary N) is 1. The molecule has 0 atom stereocenters. The predicted molar refractivity (Wildman–Crippen MR) is 65.7 cm³/mol. The quantitative estimate of drug-likeness (QED) is 0.797. The van der Waals surface area contributed by atoms with Gasteiger partial charge in [0.1, 0.15) is 0 Å². The average Bonchev–Trinajstić information content (AvgIpc) is 2.32. The number of halogens is 3. The molecule has 3 N–H and O–H groups in total. The summed E-state index contributed by atoms with van der Waals surface area (Å²) in [6.07, 6.45) is -2.50. The maximum Gasteiger partial charge on any atom is 0.417 e. The Morgan fingerprint density at radius 1 is 1.35 bits per heavy atom. The van der Waals surface area contributed by atoms with Crippen molar-refractivity contribution in [1.82, 2.24) is 0 Å². The van der Waals surface area contributed by atoms with E-state index in [0.717, 1.165) is 18.6 Å². The van der Waals surface area contributed by atoms with E-state index in [4.69, 9.17) is 5.11 Å². The van der Waals surface area contributed by atoms with Crippen LogP contribution in [0.2, 0.25) is 0 Å². The van der Waals surface area contributed by atoms with Crippen LogP contribution in [0.25, 0.3) is 0 Å². The van der Waals surface area contributed by atoms with E-state index in [0.29, 0.717) is 12.8 Å². The van der Waals surface area contributed by atoms with Gasteiger partial charge in [0.25, 0.3) is 0 Å². The highest BCUT2D eigenvalue weighted by molar-refractivity contribution is 5.90. The summed E-state index contributed by atoms with van der Waals surface area (Å²) in [4.78, 5) is 10.8. The number of carboxylic acids is 1. The van der Waals surface area contributed by atoms with Gasteiger partial charge >= 0.3 is 12.1 Å². The minimum absolute atomic E-state index is 0.163. The minimum Gasteiger partial charge on any atom is -0.478 e. The number of carbonyl (C=O) groups is 1. The first kappa shape index (κ1) is 14.6.